The van der Waals surface area contributed by atoms with Gasteiger partial charge in [-0.15, -0.1) is 0 Å². The van der Waals surface area contributed by atoms with E-state index in [0.29, 0.717) is 24.2 Å². The molecule has 0 bridgehead atoms. The number of sulfonamides is 1. The van der Waals surface area contributed by atoms with Crippen molar-refractivity contribution in [3.8, 4) is 11.1 Å². The van der Waals surface area contributed by atoms with Crippen LogP contribution in [0.2, 0.25) is 0 Å². The van der Waals surface area contributed by atoms with Crippen LogP contribution < -0.4 is 0 Å². The summed E-state index contributed by atoms with van der Waals surface area (Å²) in [6, 6.07) is 8.01. The van der Waals surface area contributed by atoms with Crippen LogP contribution in [0.1, 0.15) is 23.2 Å². The third-order valence-electron chi connectivity index (χ3n) is 3.86. The van der Waals surface area contributed by atoms with Crippen molar-refractivity contribution in [2.45, 2.75) is 17.7 Å². The molecule has 23 heavy (non-hydrogen) atoms. The van der Waals surface area contributed by atoms with Crippen molar-refractivity contribution in [2.24, 2.45) is 0 Å². The lowest BCUT2D eigenvalue weighted by Gasteiger charge is -2.16. The number of carboxylic acids is 1. The Balaban J connectivity index is 2.00. The van der Waals surface area contributed by atoms with E-state index in [1.807, 2.05) is 0 Å². The Morgan fingerprint density at radius 2 is 1.83 bits per heavy atom. The van der Waals surface area contributed by atoms with Gasteiger partial charge in [0.1, 0.15) is 0 Å². The highest BCUT2D eigenvalue weighted by Crippen LogP contribution is 2.26. The SMILES string of the molecule is O=C(O)c1cncc(-c2cccc(S(=O)(=O)N3CCCC3)c2)c1. The highest BCUT2D eigenvalue weighted by Gasteiger charge is 2.27. The van der Waals surface area contributed by atoms with Crippen LogP contribution >= 0.6 is 0 Å². The predicted octanol–water partition coefficient (Wildman–Crippen LogP) is 2.23. The van der Waals surface area contributed by atoms with Gasteiger partial charge < -0.3 is 5.11 Å². The standard InChI is InChI=1S/C16H16N2O4S/c19-16(20)14-8-13(10-17-11-14)12-4-3-5-15(9-12)23(21,22)18-6-1-2-7-18/h3-5,8-11H,1-2,6-7H2,(H,19,20). The number of carboxylic acid groups (broad SMARTS) is 1. The van der Waals surface area contributed by atoms with Gasteiger partial charge >= 0.3 is 5.97 Å². The molecule has 2 heterocycles. The van der Waals surface area contributed by atoms with Crippen molar-refractivity contribution in [1.29, 1.82) is 0 Å². The topological polar surface area (TPSA) is 87.6 Å². The molecule has 1 N–H and O–H groups in total. The summed E-state index contributed by atoms with van der Waals surface area (Å²) in [6.07, 6.45) is 4.54. The first kappa shape index (κ1) is 15.6. The van der Waals surface area contributed by atoms with Crippen molar-refractivity contribution in [1.82, 2.24) is 9.29 Å². The largest absolute Gasteiger partial charge is 0.478 e. The zero-order valence-electron chi connectivity index (χ0n) is 12.3. The molecule has 0 amide bonds. The number of nitrogens with zero attached hydrogens (tertiary/aromatic N) is 2. The molecule has 0 saturated carbocycles. The number of hydrogen-bond donors (Lipinski definition) is 1. The summed E-state index contributed by atoms with van der Waals surface area (Å²) < 4.78 is 26.7. The first-order valence-electron chi connectivity index (χ1n) is 7.27. The lowest BCUT2D eigenvalue weighted by atomic mass is 10.1. The second-order valence-electron chi connectivity index (χ2n) is 5.41. The van der Waals surface area contributed by atoms with Gasteiger partial charge in [0.05, 0.1) is 10.5 Å². The minimum absolute atomic E-state index is 0.0651. The molecule has 1 aliphatic heterocycles. The molecular formula is C16H16N2O4S. The Hall–Kier alpha value is -2.25. The molecule has 0 radical (unpaired) electrons. The quantitative estimate of drug-likeness (QED) is 0.927. The highest BCUT2D eigenvalue weighted by atomic mass is 32.2. The van der Waals surface area contributed by atoms with Gasteiger partial charge in [-0.2, -0.15) is 4.31 Å². The van der Waals surface area contributed by atoms with Crippen molar-refractivity contribution in [2.75, 3.05) is 13.1 Å². The average Bonchev–Trinajstić information content (AvgIpc) is 3.10. The fourth-order valence-electron chi connectivity index (χ4n) is 2.63. The molecule has 3 rings (SSSR count). The second-order valence-corrected chi connectivity index (χ2v) is 7.34. The molecule has 1 saturated heterocycles. The van der Waals surface area contributed by atoms with Crippen molar-refractivity contribution >= 4 is 16.0 Å². The molecule has 0 spiro atoms. The summed E-state index contributed by atoms with van der Waals surface area (Å²) in [5.74, 6) is -1.07. The lowest BCUT2D eigenvalue weighted by Crippen LogP contribution is -2.27. The number of aromatic carboxylic acids is 1. The van der Waals surface area contributed by atoms with Crippen LogP contribution in [0.5, 0.6) is 0 Å². The van der Waals surface area contributed by atoms with Crippen molar-refractivity contribution in [3.63, 3.8) is 0 Å². The summed E-state index contributed by atoms with van der Waals surface area (Å²) >= 11 is 0. The first-order valence-corrected chi connectivity index (χ1v) is 8.71. The van der Waals surface area contributed by atoms with E-state index in [0.717, 1.165) is 12.8 Å². The molecular weight excluding hydrogens is 316 g/mol. The summed E-state index contributed by atoms with van der Waals surface area (Å²) in [7, 11) is -3.50. The van der Waals surface area contributed by atoms with E-state index in [2.05, 4.69) is 4.98 Å². The van der Waals surface area contributed by atoms with E-state index in [1.54, 1.807) is 24.3 Å². The summed E-state index contributed by atoms with van der Waals surface area (Å²) in [5, 5.41) is 9.04. The monoisotopic (exact) mass is 332 g/mol. The van der Waals surface area contributed by atoms with Gasteiger partial charge in [0, 0.05) is 31.0 Å². The molecule has 6 nitrogen and oxygen atoms in total. The van der Waals surface area contributed by atoms with Crippen LogP contribution in [0.15, 0.2) is 47.6 Å². The van der Waals surface area contributed by atoms with Gasteiger partial charge in [0.25, 0.3) is 0 Å². The van der Waals surface area contributed by atoms with Crippen LogP contribution in [-0.4, -0.2) is 41.9 Å². The Morgan fingerprint density at radius 1 is 1.09 bits per heavy atom. The van der Waals surface area contributed by atoms with Crippen molar-refractivity contribution < 1.29 is 18.3 Å². The molecule has 2 aromatic rings. The van der Waals surface area contributed by atoms with Gasteiger partial charge in [-0.25, -0.2) is 13.2 Å². The third-order valence-corrected chi connectivity index (χ3v) is 5.75. The maximum Gasteiger partial charge on any atom is 0.337 e. The average molecular weight is 332 g/mol. The number of carbonyl (C=O) groups is 1. The molecule has 120 valence electrons. The highest BCUT2D eigenvalue weighted by molar-refractivity contribution is 7.89. The minimum atomic E-state index is -3.50. The number of pyridine rings is 1. The van der Waals surface area contributed by atoms with E-state index in [-0.39, 0.29) is 10.5 Å². The summed E-state index contributed by atoms with van der Waals surface area (Å²) in [4.78, 5) is 15.2. The Bertz CT molecular complexity index is 843. The van der Waals surface area contributed by atoms with Crippen LogP contribution in [-0.2, 0) is 10.0 Å². The predicted molar refractivity (Wildman–Crippen MR) is 84.6 cm³/mol. The van der Waals surface area contributed by atoms with Crippen molar-refractivity contribution in [3.05, 3.63) is 48.3 Å². The van der Waals surface area contributed by atoms with Gasteiger partial charge in [-0.1, -0.05) is 12.1 Å². The smallest absolute Gasteiger partial charge is 0.337 e. The number of rotatable bonds is 4. The number of aromatic nitrogens is 1. The van der Waals surface area contributed by atoms with Gasteiger partial charge in [0.15, 0.2) is 0 Å². The summed E-state index contributed by atoms with van der Waals surface area (Å²) in [5.41, 5.74) is 1.26. The Morgan fingerprint density at radius 3 is 2.52 bits per heavy atom. The van der Waals surface area contributed by atoms with E-state index in [4.69, 9.17) is 5.11 Å². The fourth-order valence-corrected chi connectivity index (χ4v) is 4.19. The molecule has 1 fully saturated rings. The van der Waals surface area contributed by atoms with E-state index >= 15 is 0 Å². The Kier molecular flexibility index (Phi) is 4.14. The molecule has 1 aromatic carbocycles. The first-order chi connectivity index (χ1) is 11.0. The Labute approximate surface area is 134 Å². The maximum atomic E-state index is 12.6. The van der Waals surface area contributed by atoms with Crippen LogP contribution in [0.4, 0.5) is 0 Å². The zero-order chi connectivity index (χ0) is 16.4. The van der Waals surface area contributed by atoms with E-state index < -0.39 is 16.0 Å². The fraction of sp³-hybridized carbons (Fsp3) is 0.250. The normalized spacial score (nSPS) is 15.7. The summed E-state index contributed by atoms with van der Waals surface area (Å²) in [6.45, 7) is 1.09. The lowest BCUT2D eigenvalue weighted by molar-refractivity contribution is 0.0696. The molecule has 0 unspecified atom stereocenters. The second kappa shape index (κ2) is 6.10. The molecule has 1 aromatic heterocycles. The molecule has 7 heteroatoms. The van der Waals surface area contributed by atoms with Crippen LogP contribution in [0.3, 0.4) is 0 Å². The van der Waals surface area contributed by atoms with Crippen LogP contribution in [0, 0.1) is 0 Å². The zero-order valence-corrected chi connectivity index (χ0v) is 13.2. The van der Waals surface area contributed by atoms with Crippen LogP contribution in [0.25, 0.3) is 11.1 Å². The maximum absolute atomic E-state index is 12.6. The number of hydrogen-bond acceptors (Lipinski definition) is 4. The molecule has 0 atom stereocenters. The van der Waals surface area contributed by atoms with Gasteiger partial charge in [-0.3, -0.25) is 4.98 Å². The third kappa shape index (κ3) is 3.11. The number of benzene rings is 1. The van der Waals surface area contributed by atoms with Gasteiger partial charge in [-0.05, 0) is 36.6 Å². The molecule has 0 aliphatic carbocycles. The van der Waals surface area contributed by atoms with E-state index in [9.17, 15) is 13.2 Å². The van der Waals surface area contributed by atoms with E-state index in [1.165, 1.54) is 22.8 Å². The van der Waals surface area contributed by atoms with Gasteiger partial charge in [0.2, 0.25) is 10.0 Å². The molecule has 1 aliphatic rings. The minimum Gasteiger partial charge on any atom is -0.478 e.